The van der Waals surface area contributed by atoms with Gasteiger partial charge in [-0.25, -0.2) is 0 Å². The molecule has 10 heteroatoms. The number of nitrogens with one attached hydrogen (secondary N) is 1. The number of fused-ring (bicyclic) bond motifs is 1. The third kappa shape index (κ3) is 3.81. The highest BCUT2D eigenvalue weighted by atomic mass is 19.4. The van der Waals surface area contributed by atoms with Crippen LogP contribution in [0.4, 0.5) is 13.2 Å². The molecule has 29 heavy (non-hydrogen) atoms. The van der Waals surface area contributed by atoms with Gasteiger partial charge in [0.1, 0.15) is 17.3 Å². The summed E-state index contributed by atoms with van der Waals surface area (Å²) >= 11 is 0. The van der Waals surface area contributed by atoms with Gasteiger partial charge in [0.2, 0.25) is 11.8 Å². The number of benzene rings is 1. The van der Waals surface area contributed by atoms with Crippen LogP contribution in [0.2, 0.25) is 0 Å². The Morgan fingerprint density at radius 2 is 2.03 bits per heavy atom. The van der Waals surface area contributed by atoms with Crippen LogP contribution in [-0.2, 0) is 6.18 Å². The number of aromatic amines is 1. The maximum absolute atomic E-state index is 13.5. The van der Waals surface area contributed by atoms with Crippen LogP contribution in [0.3, 0.4) is 0 Å². The Morgan fingerprint density at radius 1 is 1.28 bits per heavy atom. The average Bonchev–Trinajstić information content (AvgIpc) is 3.09. The summed E-state index contributed by atoms with van der Waals surface area (Å²) in [6.07, 6.45) is -3.94. The Kier molecular flexibility index (Phi) is 5.59. The largest absolute Gasteiger partial charge is 0.490 e. The fourth-order valence-corrected chi connectivity index (χ4v) is 3.10. The van der Waals surface area contributed by atoms with Gasteiger partial charge in [-0.3, -0.25) is 5.10 Å². The second kappa shape index (κ2) is 7.95. The number of H-pyrrole nitrogens is 1. The minimum atomic E-state index is -4.72. The molecule has 3 rings (SSSR count). The lowest BCUT2D eigenvalue weighted by Gasteiger charge is -2.25. The molecule has 0 spiro atoms. The van der Waals surface area contributed by atoms with Crippen LogP contribution in [0, 0.1) is 11.3 Å². The first-order valence-electron chi connectivity index (χ1n) is 8.94. The van der Waals surface area contributed by atoms with E-state index in [1.165, 1.54) is 0 Å². The topological polar surface area (TPSA) is 106 Å². The molecule has 0 saturated carbocycles. The summed E-state index contributed by atoms with van der Waals surface area (Å²) in [6, 6.07) is 6.58. The van der Waals surface area contributed by atoms with Crippen molar-refractivity contribution in [3.8, 4) is 23.4 Å². The van der Waals surface area contributed by atoms with Crippen molar-refractivity contribution in [3.05, 3.63) is 46.5 Å². The molecule has 7 nitrogen and oxygen atoms in total. The molecule has 1 unspecified atom stereocenters. The molecule has 1 atom stereocenters. The molecular formula is C19H19F3N4O3. The van der Waals surface area contributed by atoms with Crippen LogP contribution in [0.5, 0.6) is 17.4 Å². The zero-order valence-corrected chi connectivity index (χ0v) is 15.8. The zero-order chi connectivity index (χ0) is 21.2. The third-order valence-corrected chi connectivity index (χ3v) is 4.28. The minimum Gasteiger partial charge on any atom is -0.490 e. The molecule has 1 aliphatic rings. The quantitative estimate of drug-likeness (QED) is 0.752. The fourth-order valence-electron chi connectivity index (χ4n) is 3.10. The molecule has 2 heterocycles. The highest BCUT2D eigenvalue weighted by molar-refractivity contribution is 5.58. The maximum atomic E-state index is 13.5. The van der Waals surface area contributed by atoms with Crippen molar-refractivity contribution in [2.75, 3.05) is 13.2 Å². The van der Waals surface area contributed by atoms with Gasteiger partial charge < -0.3 is 19.9 Å². The van der Waals surface area contributed by atoms with E-state index in [0.29, 0.717) is 30.3 Å². The van der Waals surface area contributed by atoms with Crippen LogP contribution in [0.1, 0.15) is 43.0 Å². The standard InChI is InChI=1S/C19H19F3N4O3/c1-3-7-28-12-6-5-10(8-13(12)27-4-2)14-11(9-23)17(24)29-18-15(14)16(25-26-18)19(20,21)22/h5-6,8,14H,3-4,7,24H2,1-2H3,(H,25,26). The number of nitrogens with two attached hydrogens (primary N) is 1. The molecule has 1 aromatic heterocycles. The normalized spacial score (nSPS) is 16.1. The predicted molar refractivity (Wildman–Crippen MR) is 96.3 cm³/mol. The first kappa shape index (κ1) is 20.4. The van der Waals surface area contributed by atoms with Crippen molar-refractivity contribution >= 4 is 0 Å². The van der Waals surface area contributed by atoms with Crippen molar-refractivity contribution in [1.82, 2.24) is 10.2 Å². The Hall–Kier alpha value is -3.35. The molecule has 3 N–H and O–H groups in total. The van der Waals surface area contributed by atoms with Crippen LogP contribution < -0.4 is 19.9 Å². The number of rotatable bonds is 6. The van der Waals surface area contributed by atoms with Gasteiger partial charge in [0.15, 0.2) is 11.5 Å². The lowest BCUT2D eigenvalue weighted by Crippen LogP contribution is -2.23. The van der Waals surface area contributed by atoms with Crippen LogP contribution in [0.15, 0.2) is 29.7 Å². The van der Waals surface area contributed by atoms with Crippen molar-refractivity contribution in [1.29, 1.82) is 5.26 Å². The van der Waals surface area contributed by atoms with Crippen LogP contribution in [0.25, 0.3) is 0 Å². The summed E-state index contributed by atoms with van der Waals surface area (Å²) in [5, 5.41) is 15.1. The van der Waals surface area contributed by atoms with Gasteiger partial charge in [-0.15, -0.1) is 5.10 Å². The summed E-state index contributed by atoms with van der Waals surface area (Å²) in [6.45, 7) is 4.51. The number of alkyl halides is 3. The van der Waals surface area contributed by atoms with E-state index < -0.39 is 17.8 Å². The second-order valence-electron chi connectivity index (χ2n) is 6.23. The Balaban J connectivity index is 2.17. The summed E-state index contributed by atoms with van der Waals surface area (Å²) in [7, 11) is 0. The maximum Gasteiger partial charge on any atom is 0.433 e. The Labute approximate surface area is 164 Å². The Bertz CT molecular complexity index is 976. The molecule has 154 valence electrons. The lowest BCUT2D eigenvalue weighted by atomic mass is 9.83. The third-order valence-electron chi connectivity index (χ3n) is 4.28. The molecule has 1 aliphatic heterocycles. The molecule has 0 saturated heterocycles. The van der Waals surface area contributed by atoms with Crippen molar-refractivity contribution < 1.29 is 27.4 Å². The number of nitriles is 1. The minimum absolute atomic E-state index is 0.144. The van der Waals surface area contributed by atoms with Gasteiger partial charge in [-0.2, -0.15) is 18.4 Å². The second-order valence-corrected chi connectivity index (χ2v) is 6.23. The van der Waals surface area contributed by atoms with E-state index in [2.05, 4.69) is 5.10 Å². The zero-order valence-electron chi connectivity index (χ0n) is 15.8. The number of aromatic nitrogens is 2. The molecular weight excluding hydrogens is 389 g/mol. The molecule has 1 aromatic carbocycles. The first-order valence-corrected chi connectivity index (χ1v) is 8.94. The van der Waals surface area contributed by atoms with Crippen molar-refractivity contribution in [2.45, 2.75) is 32.4 Å². The number of hydrogen-bond donors (Lipinski definition) is 2. The van der Waals surface area contributed by atoms with E-state index in [-0.39, 0.29) is 22.9 Å². The van der Waals surface area contributed by atoms with Crippen LogP contribution >= 0.6 is 0 Å². The van der Waals surface area contributed by atoms with E-state index in [1.807, 2.05) is 18.1 Å². The number of allylic oxidation sites excluding steroid dienone is 1. The Morgan fingerprint density at radius 3 is 2.66 bits per heavy atom. The summed E-state index contributed by atoms with van der Waals surface area (Å²) in [4.78, 5) is 0. The van der Waals surface area contributed by atoms with E-state index in [4.69, 9.17) is 19.9 Å². The number of hydrogen-bond acceptors (Lipinski definition) is 6. The van der Waals surface area contributed by atoms with Crippen LogP contribution in [-0.4, -0.2) is 23.4 Å². The van der Waals surface area contributed by atoms with Gasteiger partial charge in [-0.05, 0) is 31.0 Å². The first-order chi connectivity index (χ1) is 13.8. The van der Waals surface area contributed by atoms with E-state index in [9.17, 15) is 18.4 Å². The highest BCUT2D eigenvalue weighted by Crippen LogP contribution is 2.48. The number of nitrogens with zero attached hydrogens (tertiary/aromatic N) is 2. The SMILES string of the molecule is CCCOc1ccc(C2C(C#N)=C(N)Oc3n[nH]c(C(F)(F)F)c32)cc1OCC. The van der Waals surface area contributed by atoms with E-state index in [1.54, 1.807) is 25.1 Å². The van der Waals surface area contributed by atoms with E-state index >= 15 is 0 Å². The fraction of sp³-hybridized carbons (Fsp3) is 0.368. The molecule has 0 bridgehead atoms. The molecule has 0 fully saturated rings. The summed E-state index contributed by atoms with van der Waals surface area (Å²) < 4.78 is 57.0. The molecule has 0 radical (unpaired) electrons. The average molecular weight is 408 g/mol. The molecule has 0 amide bonds. The van der Waals surface area contributed by atoms with Gasteiger partial charge >= 0.3 is 6.18 Å². The number of ether oxygens (including phenoxy) is 3. The van der Waals surface area contributed by atoms with Gasteiger partial charge in [0, 0.05) is 0 Å². The van der Waals surface area contributed by atoms with Gasteiger partial charge in [-0.1, -0.05) is 13.0 Å². The smallest absolute Gasteiger partial charge is 0.433 e. The number of halogens is 3. The summed E-state index contributed by atoms with van der Waals surface area (Å²) in [5.41, 5.74) is 4.62. The van der Waals surface area contributed by atoms with E-state index in [0.717, 1.165) is 6.42 Å². The summed E-state index contributed by atoms with van der Waals surface area (Å²) in [5.74, 6) is -0.918. The van der Waals surface area contributed by atoms with Gasteiger partial charge in [0.25, 0.3) is 0 Å². The van der Waals surface area contributed by atoms with Crippen molar-refractivity contribution in [3.63, 3.8) is 0 Å². The lowest BCUT2D eigenvalue weighted by molar-refractivity contribution is -0.141. The monoisotopic (exact) mass is 408 g/mol. The van der Waals surface area contributed by atoms with Crippen molar-refractivity contribution in [2.24, 2.45) is 5.73 Å². The van der Waals surface area contributed by atoms with Gasteiger partial charge in [0.05, 0.1) is 24.7 Å². The predicted octanol–water partition coefficient (Wildman–Crippen LogP) is 3.83. The molecule has 2 aromatic rings. The highest BCUT2D eigenvalue weighted by Gasteiger charge is 2.44. The molecule has 0 aliphatic carbocycles.